The van der Waals surface area contributed by atoms with Gasteiger partial charge in [-0.1, -0.05) is 12.1 Å². The van der Waals surface area contributed by atoms with Gasteiger partial charge in [-0.15, -0.1) is 0 Å². The summed E-state index contributed by atoms with van der Waals surface area (Å²) in [6, 6.07) is 11.9. The van der Waals surface area contributed by atoms with Gasteiger partial charge in [0.05, 0.1) is 0 Å². The Hall–Kier alpha value is -1.94. The highest BCUT2D eigenvalue weighted by Gasteiger charge is 2.19. The molecule has 1 N–H and O–H groups in total. The van der Waals surface area contributed by atoms with Gasteiger partial charge in [-0.25, -0.2) is 8.78 Å². The minimum absolute atomic E-state index is 0.0889. The topological polar surface area (TPSA) is 21.3 Å². The fourth-order valence-corrected chi connectivity index (χ4v) is 2.09. The molecule has 0 unspecified atom stereocenters. The van der Waals surface area contributed by atoms with Crippen molar-refractivity contribution in [1.29, 1.82) is 0 Å². The second-order valence-corrected chi connectivity index (χ2v) is 5.33. The van der Waals surface area contributed by atoms with Crippen LogP contribution in [0.5, 0.6) is 5.75 Å². The lowest BCUT2D eigenvalue weighted by molar-refractivity contribution is 0.299. The maximum atomic E-state index is 13.5. The molecule has 0 atom stereocenters. The normalized spacial score (nSPS) is 14.2. The number of benzene rings is 2. The first-order chi connectivity index (χ1) is 10.2. The predicted octanol–water partition coefficient (Wildman–Crippen LogP) is 3.80. The molecule has 0 amide bonds. The first-order valence-corrected chi connectivity index (χ1v) is 7.10. The molecule has 2 aromatic rings. The van der Waals surface area contributed by atoms with Gasteiger partial charge in [0.25, 0.3) is 0 Å². The Morgan fingerprint density at radius 3 is 2.71 bits per heavy atom. The van der Waals surface area contributed by atoms with Crippen LogP contribution in [0.3, 0.4) is 0 Å². The smallest absolute Gasteiger partial charge is 0.132 e. The summed E-state index contributed by atoms with van der Waals surface area (Å²) in [7, 11) is 0. The first-order valence-electron chi connectivity index (χ1n) is 7.10. The summed E-state index contributed by atoms with van der Waals surface area (Å²) in [5, 5.41) is 3.43. The van der Waals surface area contributed by atoms with Crippen molar-refractivity contribution in [3.63, 3.8) is 0 Å². The molecular formula is C17H17F2NO. The molecule has 1 saturated carbocycles. The van der Waals surface area contributed by atoms with Crippen molar-refractivity contribution in [1.82, 2.24) is 5.32 Å². The van der Waals surface area contributed by atoms with E-state index in [4.69, 9.17) is 4.74 Å². The van der Waals surface area contributed by atoms with E-state index in [9.17, 15) is 8.78 Å². The molecule has 0 spiro atoms. The maximum Gasteiger partial charge on any atom is 0.132 e. The van der Waals surface area contributed by atoms with Gasteiger partial charge in [-0.2, -0.15) is 0 Å². The number of halogens is 2. The van der Waals surface area contributed by atoms with Crippen LogP contribution in [0.15, 0.2) is 42.5 Å². The highest BCUT2D eigenvalue weighted by Crippen LogP contribution is 2.21. The van der Waals surface area contributed by atoms with E-state index in [1.807, 2.05) is 24.3 Å². The maximum absolute atomic E-state index is 13.5. The molecule has 1 aliphatic carbocycles. The van der Waals surface area contributed by atoms with E-state index in [1.165, 1.54) is 25.0 Å². The van der Waals surface area contributed by atoms with Crippen molar-refractivity contribution in [2.24, 2.45) is 0 Å². The highest BCUT2D eigenvalue weighted by atomic mass is 19.1. The number of rotatable bonds is 6. The van der Waals surface area contributed by atoms with Crippen molar-refractivity contribution < 1.29 is 13.5 Å². The van der Waals surface area contributed by atoms with Crippen LogP contribution in [0.4, 0.5) is 8.78 Å². The fraction of sp³-hybridized carbons (Fsp3) is 0.294. The van der Waals surface area contributed by atoms with Gasteiger partial charge in [0.2, 0.25) is 0 Å². The highest BCUT2D eigenvalue weighted by molar-refractivity contribution is 5.29. The molecular weight excluding hydrogens is 272 g/mol. The Morgan fingerprint density at radius 2 is 1.95 bits per heavy atom. The summed E-state index contributed by atoms with van der Waals surface area (Å²) in [5.41, 5.74) is 1.48. The number of nitrogens with one attached hydrogen (secondary N) is 1. The zero-order chi connectivity index (χ0) is 14.7. The first kappa shape index (κ1) is 14.0. The third kappa shape index (κ3) is 4.02. The molecule has 2 nitrogen and oxygen atoms in total. The van der Waals surface area contributed by atoms with Crippen molar-refractivity contribution in [2.75, 3.05) is 0 Å². The second-order valence-electron chi connectivity index (χ2n) is 5.33. The molecule has 0 bridgehead atoms. The number of ether oxygens (including phenoxy) is 1. The van der Waals surface area contributed by atoms with E-state index in [0.29, 0.717) is 17.4 Å². The molecule has 3 rings (SSSR count). The molecule has 1 fully saturated rings. The van der Waals surface area contributed by atoms with Gasteiger partial charge in [0, 0.05) is 24.2 Å². The monoisotopic (exact) mass is 289 g/mol. The van der Waals surface area contributed by atoms with E-state index in [0.717, 1.165) is 18.2 Å². The Bertz CT molecular complexity index is 626. The summed E-state index contributed by atoms with van der Waals surface area (Å²) in [5.74, 6) is -0.472. The summed E-state index contributed by atoms with van der Waals surface area (Å²) in [6.07, 6.45) is 2.50. The van der Waals surface area contributed by atoms with Gasteiger partial charge < -0.3 is 10.1 Å². The average Bonchev–Trinajstić information content (AvgIpc) is 3.29. The minimum atomic E-state index is -0.582. The number of hydrogen-bond acceptors (Lipinski definition) is 2. The molecule has 0 aliphatic heterocycles. The van der Waals surface area contributed by atoms with Crippen LogP contribution in [-0.4, -0.2) is 6.04 Å². The third-order valence-corrected chi connectivity index (χ3v) is 3.48. The van der Waals surface area contributed by atoms with Crippen molar-refractivity contribution in [2.45, 2.75) is 32.0 Å². The minimum Gasteiger partial charge on any atom is -0.489 e. The van der Waals surface area contributed by atoms with Crippen molar-refractivity contribution in [3.05, 3.63) is 65.2 Å². The zero-order valence-corrected chi connectivity index (χ0v) is 11.6. The van der Waals surface area contributed by atoms with Crippen LogP contribution in [0.1, 0.15) is 24.0 Å². The molecule has 21 heavy (non-hydrogen) atoms. The van der Waals surface area contributed by atoms with Crippen LogP contribution < -0.4 is 10.1 Å². The van der Waals surface area contributed by atoms with Crippen LogP contribution in [0, 0.1) is 11.6 Å². The summed E-state index contributed by atoms with van der Waals surface area (Å²) >= 11 is 0. The second kappa shape index (κ2) is 6.22. The molecule has 0 saturated heterocycles. The molecule has 110 valence electrons. The fourth-order valence-electron chi connectivity index (χ4n) is 2.09. The Labute approximate surface area is 122 Å². The van der Waals surface area contributed by atoms with E-state index in [2.05, 4.69) is 5.32 Å². The summed E-state index contributed by atoms with van der Waals surface area (Å²) in [6.45, 7) is 0.901. The molecule has 2 aromatic carbocycles. The van der Waals surface area contributed by atoms with E-state index >= 15 is 0 Å². The van der Waals surface area contributed by atoms with Gasteiger partial charge >= 0.3 is 0 Å². The molecule has 1 aliphatic rings. The molecule has 0 aromatic heterocycles. The number of hydrogen-bond donors (Lipinski definition) is 1. The van der Waals surface area contributed by atoms with Gasteiger partial charge in [-0.05, 0) is 42.7 Å². The van der Waals surface area contributed by atoms with Crippen LogP contribution in [-0.2, 0) is 13.2 Å². The Morgan fingerprint density at radius 1 is 1.10 bits per heavy atom. The lowest BCUT2D eigenvalue weighted by atomic mass is 10.2. The third-order valence-electron chi connectivity index (χ3n) is 3.48. The Kier molecular flexibility index (Phi) is 4.15. The predicted molar refractivity (Wildman–Crippen MR) is 77.0 cm³/mol. The van der Waals surface area contributed by atoms with Crippen LogP contribution in [0.2, 0.25) is 0 Å². The summed E-state index contributed by atoms with van der Waals surface area (Å²) < 4.78 is 31.9. The van der Waals surface area contributed by atoms with Crippen LogP contribution >= 0.6 is 0 Å². The zero-order valence-electron chi connectivity index (χ0n) is 11.6. The summed E-state index contributed by atoms with van der Waals surface area (Å²) in [4.78, 5) is 0. The molecule has 4 heteroatoms. The largest absolute Gasteiger partial charge is 0.489 e. The van der Waals surface area contributed by atoms with Crippen LogP contribution in [0.25, 0.3) is 0 Å². The van der Waals surface area contributed by atoms with Gasteiger partial charge in [0.1, 0.15) is 24.0 Å². The van der Waals surface area contributed by atoms with E-state index < -0.39 is 11.6 Å². The SMILES string of the molecule is Fc1ccc(COc2cccc(CNC3CC3)c2)c(F)c1. The standard InChI is InChI=1S/C17H17F2NO/c18-14-5-4-13(17(19)9-14)11-21-16-3-1-2-12(8-16)10-20-15-6-7-15/h1-5,8-9,15,20H,6-7,10-11H2. The quantitative estimate of drug-likeness (QED) is 0.873. The van der Waals surface area contributed by atoms with Gasteiger partial charge in [-0.3, -0.25) is 0 Å². The average molecular weight is 289 g/mol. The molecule has 0 heterocycles. The van der Waals surface area contributed by atoms with E-state index in [-0.39, 0.29) is 6.61 Å². The van der Waals surface area contributed by atoms with Crippen molar-refractivity contribution >= 4 is 0 Å². The van der Waals surface area contributed by atoms with Gasteiger partial charge in [0.15, 0.2) is 0 Å². The van der Waals surface area contributed by atoms with E-state index in [1.54, 1.807) is 0 Å². The van der Waals surface area contributed by atoms with Crippen molar-refractivity contribution in [3.8, 4) is 5.75 Å². The lowest BCUT2D eigenvalue weighted by Gasteiger charge is -2.09. The Balaban J connectivity index is 1.60. The lowest BCUT2D eigenvalue weighted by Crippen LogP contribution is -2.15. The molecule has 0 radical (unpaired) electrons.